The molecular weight excluding hydrogens is 248 g/mol. The number of amides is 2. The standard InChI is InChI=1S/C13H16N2O4/c1-7(2)14-6-4-5-9-10(14)12(17)15(11(9)16)8(3)13(18)19/h4-5,7-8H,6H2,1-3H3,(H,18,19). The van der Waals surface area contributed by atoms with Crippen LogP contribution in [0.25, 0.3) is 0 Å². The van der Waals surface area contributed by atoms with Gasteiger partial charge in [0.25, 0.3) is 11.8 Å². The van der Waals surface area contributed by atoms with Gasteiger partial charge in [-0.1, -0.05) is 6.08 Å². The predicted molar refractivity (Wildman–Crippen MR) is 67.0 cm³/mol. The van der Waals surface area contributed by atoms with Crippen molar-refractivity contribution in [3.63, 3.8) is 0 Å². The summed E-state index contributed by atoms with van der Waals surface area (Å²) < 4.78 is 0. The summed E-state index contributed by atoms with van der Waals surface area (Å²) in [5.74, 6) is -2.24. The first-order chi connectivity index (χ1) is 8.86. The van der Waals surface area contributed by atoms with Crippen molar-refractivity contribution in [1.82, 2.24) is 9.80 Å². The zero-order valence-electron chi connectivity index (χ0n) is 11.1. The van der Waals surface area contributed by atoms with Crippen molar-refractivity contribution in [2.75, 3.05) is 6.54 Å². The van der Waals surface area contributed by atoms with Crippen LogP contribution in [-0.2, 0) is 14.4 Å². The van der Waals surface area contributed by atoms with Crippen LogP contribution in [0.4, 0.5) is 0 Å². The minimum absolute atomic E-state index is 0.0618. The quantitative estimate of drug-likeness (QED) is 0.745. The SMILES string of the molecule is CC(C)N1CC=CC2=C1C(=O)N(C(C)C(=O)O)C2=O. The molecule has 1 unspecified atom stereocenters. The van der Waals surface area contributed by atoms with E-state index in [0.29, 0.717) is 12.2 Å². The number of aliphatic carboxylic acids is 1. The monoisotopic (exact) mass is 264 g/mol. The summed E-state index contributed by atoms with van der Waals surface area (Å²) >= 11 is 0. The number of imide groups is 1. The largest absolute Gasteiger partial charge is 0.480 e. The number of rotatable bonds is 3. The Hall–Kier alpha value is -2.11. The second-order valence-electron chi connectivity index (χ2n) is 4.91. The average Bonchev–Trinajstić information content (AvgIpc) is 2.61. The third kappa shape index (κ3) is 1.93. The molecule has 102 valence electrons. The third-order valence-corrected chi connectivity index (χ3v) is 3.37. The van der Waals surface area contributed by atoms with Crippen LogP contribution in [0, 0.1) is 0 Å². The minimum Gasteiger partial charge on any atom is -0.480 e. The fourth-order valence-electron chi connectivity index (χ4n) is 2.29. The summed E-state index contributed by atoms with van der Waals surface area (Å²) in [6.07, 6.45) is 3.40. The van der Waals surface area contributed by atoms with Crippen molar-refractivity contribution in [3.8, 4) is 0 Å². The molecule has 0 aliphatic carbocycles. The van der Waals surface area contributed by atoms with Gasteiger partial charge in [-0.3, -0.25) is 14.5 Å². The third-order valence-electron chi connectivity index (χ3n) is 3.37. The molecule has 0 aromatic heterocycles. The summed E-state index contributed by atoms with van der Waals surface area (Å²) in [4.78, 5) is 38.1. The lowest BCUT2D eigenvalue weighted by molar-refractivity contribution is -0.153. The fourth-order valence-corrected chi connectivity index (χ4v) is 2.29. The van der Waals surface area contributed by atoms with E-state index in [1.807, 2.05) is 18.7 Å². The van der Waals surface area contributed by atoms with Crippen LogP contribution in [0.3, 0.4) is 0 Å². The second-order valence-corrected chi connectivity index (χ2v) is 4.91. The summed E-state index contributed by atoms with van der Waals surface area (Å²) in [6.45, 7) is 5.72. The van der Waals surface area contributed by atoms with Gasteiger partial charge in [-0.25, -0.2) is 4.79 Å². The van der Waals surface area contributed by atoms with Gasteiger partial charge in [-0.2, -0.15) is 0 Å². The van der Waals surface area contributed by atoms with Gasteiger partial charge in [0.1, 0.15) is 11.7 Å². The Morgan fingerprint density at radius 1 is 1.26 bits per heavy atom. The number of carbonyl (C=O) groups excluding carboxylic acids is 2. The predicted octanol–water partition coefficient (Wildman–Crippen LogP) is 0.363. The molecule has 0 saturated carbocycles. The van der Waals surface area contributed by atoms with Crippen molar-refractivity contribution >= 4 is 17.8 Å². The van der Waals surface area contributed by atoms with Crippen LogP contribution in [0.15, 0.2) is 23.4 Å². The highest BCUT2D eigenvalue weighted by Crippen LogP contribution is 2.30. The van der Waals surface area contributed by atoms with E-state index in [4.69, 9.17) is 5.11 Å². The molecule has 0 spiro atoms. The highest BCUT2D eigenvalue weighted by atomic mass is 16.4. The van der Waals surface area contributed by atoms with Gasteiger partial charge in [0.2, 0.25) is 0 Å². The molecule has 0 fully saturated rings. The van der Waals surface area contributed by atoms with E-state index in [9.17, 15) is 14.4 Å². The minimum atomic E-state index is -1.19. The van der Waals surface area contributed by atoms with Crippen molar-refractivity contribution in [1.29, 1.82) is 0 Å². The Balaban J connectivity index is 2.42. The maximum atomic E-state index is 12.3. The molecule has 6 heteroatoms. The molecule has 1 atom stereocenters. The van der Waals surface area contributed by atoms with E-state index >= 15 is 0 Å². The van der Waals surface area contributed by atoms with Crippen LogP contribution in [-0.4, -0.2) is 51.3 Å². The number of carboxylic acids is 1. The lowest BCUT2D eigenvalue weighted by atomic mass is 10.1. The lowest BCUT2D eigenvalue weighted by Gasteiger charge is -2.30. The van der Waals surface area contributed by atoms with Gasteiger partial charge in [0.05, 0.1) is 5.57 Å². The molecule has 2 rings (SSSR count). The van der Waals surface area contributed by atoms with Gasteiger partial charge in [0, 0.05) is 12.6 Å². The van der Waals surface area contributed by atoms with E-state index in [0.717, 1.165) is 4.90 Å². The van der Waals surface area contributed by atoms with E-state index in [-0.39, 0.29) is 11.6 Å². The Morgan fingerprint density at radius 3 is 2.42 bits per heavy atom. The Bertz CT molecular complexity index is 519. The van der Waals surface area contributed by atoms with Crippen LogP contribution < -0.4 is 0 Å². The number of carbonyl (C=O) groups is 3. The smallest absolute Gasteiger partial charge is 0.326 e. The first kappa shape index (κ1) is 13.3. The van der Waals surface area contributed by atoms with Gasteiger partial charge in [-0.05, 0) is 26.8 Å². The summed E-state index contributed by atoms with van der Waals surface area (Å²) in [5.41, 5.74) is 0.605. The fraction of sp³-hybridized carbons (Fsp3) is 0.462. The van der Waals surface area contributed by atoms with E-state index in [1.54, 1.807) is 12.2 Å². The molecule has 2 aliphatic rings. The number of carboxylic acid groups (broad SMARTS) is 1. The second kappa shape index (κ2) is 4.53. The van der Waals surface area contributed by atoms with Crippen LogP contribution in [0.1, 0.15) is 20.8 Å². The molecule has 0 bridgehead atoms. The summed E-state index contributed by atoms with van der Waals surface area (Å²) in [5, 5.41) is 8.99. The van der Waals surface area contributed by atoms with Gasteiger partial charge in [0.15, 0.2) is 0 Å². The highest BCUT2D eigenvalue weighted by molar-refractivity contribution is 6.21. The topological polar surface area (TPSA) is 77.9 Å². The van der Waals surface area contributed by atoms with Crippen molar-refractivity contribution in [3.05, 3.63) is 23.4 Å². The van der Waals surface area contributed by atoms with Gasteiger partial charge in [-0.15, -0.1) is 0 Å². The zero-order chi connectivity index (χ0) is 14.3. The summed E-state index contributed by atoms with van der Waals surface area (Å²) in [6, 6.07) is -1.10. The molecular formula is C13H16N2O4. The molecule has 0 aromatic rings. The van der Waals surface area contributed by atoms with Crippen molar-refractivity contribution in [2.24, 2.45) is 0 Å². The van der Waals surface area contributed by atoms with Crippen LogP contribution >= 0.6 is 0 Å². The molecule has 1 N–H and O–H groups in total. The van der Waals surface area contributed by atoms with Gasteiger partial charge >= 0.3 is 5.97 Å². The van der Waals surface area contributed by atoms with Crippen molar-refractivity contribution in [2.45, 2.75) is 32.9 Å². The first-order valence-electron chi connectivity index (χ1n) is 6.14. The van der Waals surface area contributed by atoms with Crippen molar-refractivity contribution < 1.29 is 19.5 Å². The average molecular weight is 264 g/mol. The zero-order valence-corrected chi connectivity index (χ0v) is 11.1. The maximum Gasteiger partial charge on any atom is 0.326 e. The molecule has 2 amide bonds. The Morgan fingerprint density at radius 2 is 1.89 bits per heavy atom. The van der Waals surface area contributed by atoms with E-state index in [2.05, 4.69) is 0 Å². The lowest BCUT2D eigenvalue weighted by Crippen LogP contribution is -2.45. The maximum absolute atomic E-state index is 12.3. The molecule has 2 aliphatic heterocycles. The number of hydrogen-bond acceptors (Lipinski definition) is 4. The molecule has 2 heterocycles. The number of hydrogen-bond donors (Lipinski definition) is 1. The van der Waals surface area contributed by atoms with E-state index in [1.165, 1.54) is 6.92 Å². The summed E-state index contributed by atoms with van der Waals surface area (Å²) in [7, 11) is 0. The highest BCUT2D eigenvalue weighted by Gasteiger charge is 2.45. The molecule has 6 nitrogen and oxygen atoms in total. The van der Waals surface area contributed by atoms with E-state index < -0.39 is 23.8 Å². The molecule has 19 heavy (non-hydrogen) atoms. The Labute approximate surface area is 111 Å². The Kier molecular flexibility index (Phi) is 3.18. The molecule has 0 aromatic carbocycles. The van der Waals surface area contributed by atoms with Gasteiger partial charge < -0.3 is 10.0 Å². The van der Waals surface area contributed by atoms with Crippen LogP contribution in [0.2, 0.25) is 0 Å². The number of nitrogens with zero attached hydrogens (tertiary/aromatic N) is 2. The molecule has 0 saturated heterocycles. The molecule has 0 radical (unpaired) electrons. The normalized spacial score (nSPS) is 20.4. The van der Waals surface area contributed by atoms with Crippen LogP contribution in [0.5, 0.6) is 0 Å². The first-order valence-corrected chi connectivity index (χ1v) is 6.14.